The zero-order valence-electron chi connectivity index (χ0n) is 12.4. The minimum atomic E-state index is -0.381. The highest BCUT2D eigenvalue weighted by atomic mass is 35.5. The third kappa shape index (κ3) is 3.68. The average Bonchev–Trinajstić information content (AvgIpc) is 3.12. The van der Waals surface area contributed by atoms with Gasteiger partial charge in [0.25, 0.3) is 11.1 Å². The molecule has 0 aromatic carbocycles. The third-order valence-electron chi connectivity index (χ3n) is 3.43. The first-order valence-electron chi connectivity index (χ1n) is 7.06. The minimum Gasteiger partial charge on any atom is -0.367 e. The van der Waals surface area contributed by atoms with Gasteiger partial charge in [-0.05, 0) is 43.7 Å². The number of amides is 2. The zero-order valence-corrected chi connectivity index (χ0v) is 14.0. The van der Waals surface area contributed by atoms with Gasteiger partial charge >= 0.3 is 0 Å². The lowest BCUT2D eigenvalue weighted by Crippen LogP contribution is -2.21. The first kappa shape index (κ1) is 15.9. The van der Waals surface area contributed by atoms with Gasteiger partial charge in [0.1, 0.15) is 5.82 Å². The van der Waals surface area contributed by atoms with Gasteiger partial charge in [0.2, 0.25) is 0 Å². The summed E-state index contributed by atoms with van der Waals surface area (Å²) < 4.78 is 1.72. The number of imide groups is 1. The molecule has 8 heteroatoms. The molecule has 1 aromatic rings. The van der Waals surface area contributed by atoms with Crippen LogP contribution in [0.1, 0.15) is 24.1 Å². The molecule has 0 atom stereocenters. The molecule has 1 aliphatic carbocycles. The van der Waals surface area contributed by atoms with Crippen LogP contribution in [0.5, 0.6) is 0 Å². The number of allylic oxidation sites excluding steroid dienone is 2. The van der Waals surface area contributed by atoms with Gasteiger partial charge in [-0.15, -0.1) is 0 Å². The first-order valence-corrected chi connectivity index (χ1v) is 8.26. The second-order valence-electron chi connectivity index (χ2n) is 5.34. The third-order valence-corrected chi connectivity index (χ3v) is 4.35. The Morgan fingerprint density at radius 3 is 2.87 bits per heavy atom. The quantitative estimate of drug-likeness (QED) is 0.631. The van der Waals surface area contributed by atoms with E-state index in [0.717, 1.165) is 41.7 Å². The van der Waals surface area contributed by atoms with Gasteiger partial charge in [0.15, 0.2) is 0 Å². The summed E-state index contributed by atoms with van der Waals surface area (Å²) in [5.41, 5.74) is 1.60. The molecule has 1 saturated carbocycles. The summed E-state index contributed by atoms with van der Waals surface area (Å²) in [6.45, 7) is 5.58. The highest BCUT2D eigenvalue weighted by molar-refractivity contribution is 8.18. The number of rotatable bonds is 5. The molecule has 2 fully saturated rings. The number of carbonyl (C=O) groups excluding carboxylic acids is 2. The molecular formula is C15H15ClN4O2S. The number of hydrogen-bond donors (Lipinski definition) is 2. The Balaban J connectivity index is 1.91. The van der Waals surface area contributed by atoms with E-state index in [1.165, 1.54) is 0 Å². The Kier molecular flexibility index (Phi) is 4.32. The molecule has 1 saturated heterocycles. The number of thioether (sulfide) groups is 1. The Morgan fingerprint density at radius 1 is 1.57 bits per heavy atom. The van der Waals surface area contributed by atoms with Crippen LogP contribution in [0, 0.1) is 6.92 Å². The standard InChI is InChI=1S/C15H15ClN4O2S/c1-8(16)5-13(18-11-3-4-11)20-9(2)10(7-17-20)6-12-14(21)19-15(22)23-12/h5-7,11,18H,1,3-4H2,2H3,(H,19,21,22)/b12-6-,13-5-. The van der Waals surface area contributed by atoms with Crippen molar-refractivity contribution in [2.24, 2.45) is 0 Å². The molecule has 23 heavy (non-hydrogen) atoms. The fraction of sp³-hybridized carbons (Fsp3) is 0.267. The molecule has 2 heterocycles. The van der Waals surface area contributed by atoms with Gasteiger partial charge in [-0.2, -0.15) is 5.10 Å². The molecule has 120 valence electrons. The molecule has 1 aliphatic heterocycles. The van der Waals surface area contributed by atoms with E-state index < -0.39 is 0 Å². The molecule has 0 spiro atoms. The summed E-state index contributed by atoms with van der Waals surface area (Å²) in [5.74, 6) is 0.363. The van der Waals surface area contributed by atoms with Crippen LogP contribution >= 0.6 is 23.4 Å². The van der Waals surface area contributed by atoms with E-state index in [2.05, 4.69) is 22.3 Å². The topological polar surface area (TPSA) is 76.0 Å². The predicted octanol–water partition coefficient (Wildman–Crippen LogP) is 2.82. The van der Waals surface area contributed by atoms with Crippen molar-refractivity contribution in [3.63, 3.8) is 0 Å². The van der Waals surface area contributed by atoms with Crippen LogP contribution in [-0.2, 0) is 4.79 Å². The monoisotopic (exact) mass is 350 g/mol. The Hall–Kier alpha value is -1.99. The van der Waals surface area contributed by atoms with Crippen LogP contribution < -0.4 is 10.6 Å². The average molecular weight is 351 g/mol. The highest BCUT2D eigenvalue weighted by Crippen LogP contribution is 2.27. The maximum Gasteiger partial charge on any atom is 0.290 e. The molecule has 1 aromatic heterocycles. The second kappa shape index (κ2) is 6.25. The van der Waals surface area contributed by atoms with Gasteiger partial charge in [0, 0.05) is 16.6 Å². The van der Waals surface area contributed by atoms with Crippen molar-refractivity contribution in [2.75, 3.05) is 0 Å². The van der Waals surface area contributed by atoms with Gasteiger partial charge < -0.3 is 5.32 Å². The Labute approximate surface area is 142 Å². The Bertz CT molecular complexity index is 762. The lowest BCUT2D eigenvalue weighted by atomic mass is 10.2. The van der Waals surface area contributed by atoms with Crippen LogP contribution in [0.15, 0.2) is 28.8 Å². The molecule has 0 bridgehead atoms. The SMILES string of the molecule is C=C(Cl)/C=C(/NC1CC1)n1ncc(/C=C2\SC(=O)NC2=O)c1C. The van der Waals surface area contributed by atoms with Gasteiger partial charge in [-0.1, -0.05) is 18.2 Å². The van der Waals surface area contributed by atoms with Gasteiger partial charge in [-0.25, -0.2) is 4.68 Å². The van der Waals surface area contributed by atoms with Crippen LogP contribution in [0.25, 0.3) is 11.9 Å². The molecule has 3 rings (SSSR count). The Morgan fingerprint density at radius 2 is 2.30 bits per heavy atom. The van der Waals surface area contributed by atoms with Crippen molar-refractivity contribution >= 4 is 46.4 Å². The molecule has 6 nitrogen and oxygen atoms in total. The maximum absolute atomic E-state index is 11.6. The van der Waals surface area contributed by atoms with E-state index in [1.807, 2.05) is 6.92 Å². The van der Waals surface area contributed by atoms with E-state index in [4.69, 9.17) is 11.6 Å². The predicted molar refractivity (Wildman–Crippen MR) is 91.5 cm³/mol. The van der Waals surface area contributed by atoms with E-state index in [0.29, 0.717) is 16.0 Å². The summed E-state index contributed by atoms with van der Waals surface area (Å²) >= 11 is 6.79. The molecule has 2 amide bonds. The number of carbonyl (C=O) groups is 2. The van der Waals surface area contributed by atoms with E-state index in [1.54, 1.807) is 23.0 Å². The van der Waals surface area contributed by atoms with Gasteiger partial charge in [-0.3, -0.25) is 14.9 Å². The van der Waals surface area contributed by atoms with Crippen LogP contribution in [0.4, 0.5) is 4.79 Å². The second-order valence-corrected chi connectivity index (χ2v) is 6.84. The number of hydrogen-bond acceptors (Lipinski definition) is 5. The molecular weight excluding hydrogens is 336 g/mol. The van der Waals surface area contributed by atoms with Gasteiger partial charge in [0.05, 0.1) is 16.8 Å². The first-order chi connectivity index (χ1) is 10.9. The van der Waals surface area contributed by atoms with E-state index in [-0.39, 0.29) is 11.1 Å². The molecule has 2 aliphatic rings. The summed E-state index contributed by atoms with van der Waals surface area (Å²) in [5, 5.41) is 9.99. The molecule has 0 unspecified atom stereocenters. The van der Waals surface area contributed by atoms with Crippen LogP contribution in [-0.4, -0.2) is 27.0 Å². The lowest BCUT2D eigenvalue weighted by Gasteiger charge is -2.12. The fourth-order valence-corrected chi connectivity index (χ4v) is 2.89. The largest absolute Gasteiger partial charge is 0.367 e. The van der Waals surface area contributed by atoms with Crippen molar-refractivity contribution in [2.45, 2.75) is 25.8 Å². The lowest BCUT2D eigenvalue weighted by molar-refractivity contribution is -0.115. The van der Waals surface area contributed by atoms with Crippen molar-refractivity contribution in [1.82, 2.24) is 20.4 Å². The minimum absolute atomic E-state index is 0.360. The highest BCUT2D eigenvalue weighted by Gasteiger charge is 2.26. The normalized spacial score (nSPS) is 20.1. The summed E-state index contributed by atoms with van der Waals surface area (Å²) in [6, 6.07) is 0.427. The van der Waals surface area contributed by atoms with Crippen LogP contribution in [0.2, 0.25) is 0 Å². The molecule has 2 N–H and O–H groups in total. The number of nitrogens with one attached hydrogen (secondary N) is 2. The maximum atomic E-state index is 11.6. The van der Waals surface area contributed by atoms with E-state index in [9.17, 15) is 9.59 Å². The van der Waals surface area contributed by atoms with Crippen LogP contribution in [0.3, 0.4) is 0 Å². The van der Waals surface area contributed by atoms with Crippen molar-refractivity contribution in [1.29, 1.82) is 0 Å². The fourth-order valence-electron chi connectivity index (χ4n) is 2.12. The molecule has 0 radical (unpaired) electrons. The smallest absolute Gasteiger partial charge is 0.290 e. The number of nitrogens with zero attached hydrogens (tertiary/aromatic N) is 2. The summed E-state index contributed by atoms with van der Waals surface area (Å²) in [6.07, 6.45) is 7.26. The van der Waals surface area contributed by atoms with E-state index >= 15 is 0 Å². The van der Waals surface area contributed by atoms with Crippen molar-refractivity contribution in [3.8, 4) is 0 Å². The summed E-state index contributed by atoms with van der Waals surface area (Å²) in [7, 11) is 0. The van der Waals surface area contributed by atoms with Crippen molar-refractivity contribution in [3.05, 3.63) is 40.0 Å². The summed E-state index contributed by atoms with van der Waals surface area (Å²) in [4.78, 5) is 23.2. The zero-order chi connectivity index (χ0) is 16.6. The van der Waals surface area contributed by atoms with Crippen molar-refractivity contribution < 1.29 is 9.59 Å². The number of aromatic nitrogens is 2. The number of halogens is 1.